The van der Waals surface area contributed by atoms with Crippen LogP contribution in [0.25, 0.3) is 0 Å². The highest BCUT2D eigenvalue weighted by Crippen LogP contribution is 2.23. The molecule has 1 aromatic rings. The van der Waals surface area contributed by atoms with Gasteiger partial charge in [0.25, 0.3) is 5.91 Å². The van der Waals surface area contributed by atoms with Crippen molar-refractivity contribution in [3.8, 4) is 0 Å². The fourth-order valence-corrected chi connectivity index (χ4v) is 3.47. The average Bonchev–Trinajstić information content (AvgIpc) is 2.85. The number of amides is 1. The van der Waals surface area contributed by atoms with Crippen LogP contribution in [0.2, 0.25) is 0 Å². The van der Waals surface area contributed by atoms with Gasteiger partial charge in [0, 0.05) is 26.8 Å². The van der Waals surface area contributed by atoms with Crippen molar-refractivity contribution in [2.24, 2.45) is 5.92 Å². The Kier molecular flexibility index (Phi) is 5.76. The van der Waals surface area contributed by atoms with E-state index in [1.54, 1.807) is 13.2 Å². The van der Waals surface area contributed by atoms with Crippen LogP contribution in [0.3, 0.4) is 0 Å². The van der Waals surface area contributed by atoms with Crippen molar-refractivity contribution in [3.05, 3.63) is 21.9 Å². The Morgan fingerprint density at radius 1 is 1.38 bits per heavy atom. The number of hydrogen-bond donors (Lipinski definition) is 1. The molecule has 1 atom stereocenters. The zero-order valence-electron chi connectivity index (χ0n) is 12.2. The maximum Gasteiger partial charge on any atom is 0.345 e. The lowest BCUT2D eigenvalue weighted by Crippen LogP contribution is -2.34. The summed E-state index contributed by atoms with van der Waals surface area (Å²) in [6.07, 6.45) is 4.22. The monoisotopic (exact) mass is 311 g/mol. The molecule has 0 aliphatic carbocycles. The van der Waals surface area contributed by atoms with Crippen molar-refractivity contribution < 1.29 is 19.4 Å². The maximum atomic E-state index is 12.5. The van der Waals surface area contributed by atoms with Crippen molar-refractivity contribution >= 4 is 23.2 Å². The number of thiophene rings is 1. The zero-order valence-corrected chi connectivity index (χ0v) is 13.0. The van der Waals surface area contributed by atoms with Gasteiger partial charge < -0.3 is 14.7 Å². The normalized spacial score (nSPS) is 19.3. The molecule has 1 aliphatic heterocycles. The Hall–Kier alpha value is -1.40. The van der Waals surface area contributed by atoms with Crippen LogP contribution in [0.1, 0.15) is 45.0 Å². The maximum absolute atomic E-state index is 12.5. The van der Waals surface area contributed by atoms with Crippen LogP contribution in [-0.2, 0) is 4.74 Å². The van der Waals surface area contributed by atoms with Gasteiger partial charge in [-0.05, 0) is 37.3 Å². The summed E-state index contributed by atoms with van der Waals surface area (Å²) >= 11 is 1.05. The number of ether oxygens (including phenoxy) is 1. The summed E-state index contributed by atoms with van der Waals surface area (Å²) < 4.78 is 5.13. The molecular formula is C15H21NO4S. The first-order chi connectivity index (χ1) is 10.1. The van der Waals surface area contributed by atoms with Crippen molar-refractivity contribution in [2.75, 3.05) is 26.8 Å². The average molecular weight is 311 g/mol. The molecule has 1 saturated heterocycles. The van der Waals surface area contributed by atoms with Gasteiger partial charge in [-0.15, -0.1) is 11.3 Å². The zero-order chi connectivity index (χ0) is 15.2. The number of hydrogen-bond acceptors (Lipinski definition) is 4. The molecular weight excluding hydrogens is 290 g/mol. The number of aromatic carboxylic acids is 1. The number of carbonyl (C=O) groups excluding carboxylic acids is 1. The van der Waals surface area contributed by atoms with E-state index in [2.05, 4.69) is 0 Å². The summed E-state index contributed by atoms with van der Waals surface area (Å²) in [7, 11) is 1.69. The van der Waals surface area contributed by atoms with Crippen LogP contribution >= 0.6 is 11.3 Å². The van der Waals surface area contributed by atoms with Gasteiger partial charge in [-0.3, -0.25) is 4.79 Å². The second-order valence-electron chi connectivity index (χ2n) is 5.36. The lowest BCUT2D eigenvalue weighted by atomic mass is 10.00. The molecule has 1 N–H and O–H groups in total. The topological polar surface area (TPSA) is 66.8 Å². The molecule has 6 heteroatoms. The molecule has 21 heavy (non-hydrogen) atoms. The molecule has 2 heterocycles. The van der Waals surface area contributed by atoms with Gasteiger partial charge in [0.2, 0.25) is 0 Å². The fourth-order valence-electron chi connectivity index (χ4n) is 2.66. The lowest BCUT2D eigenvalue weighted by Gasteiger charge is -2.24. The lowest BCUT2D eigenvalue weighted by molar-refractivity contribution is 0.0701. The van der Waals surface area contributed by atoms with E-state index in [0.29, 0.717) is 10.8 Å². The number of nitrogens with zero attached hydrogens (tertiary/aromatic N) is 1. The number of carboxylic acids is 1. The summed E-state index contributed by atoms with van der Waals surface area (Å²) in [6.45, 7) is 2.21. The first-order valence-electron chi connectivity index (χ1n) is 7.23. The Balaban J connectivity index is 2.03. The second kappa shape index (κ2) is 7.56. The Morgan fingerprint density at radius 2 is 2.14 bits per heavy atom. The van der Waals surface area contributed by atoms with Crippen molar-refractivity contribution in [3.63, 3.8) is 0 Å². The van der Waals surface area contributed by atoms with Crippen molar-refractivity contribution in [1.82, 2.24) is 4.90 Å². The highest BCUT2D eigenvalue weighted by atomic mass is 32.1. The number of carboxylic acid groups (broad SMARTS) is 1. The molecule has 1 amide bonds. The molecule has 1 aromatic heterocycles. The largest absolute Gasteiger partial charge is 0.477 e. The van der Waals surface area contributed by atoms with Gasteiger partial charge in [-0.1, -0.05) is 6.42 Å². The van der Waals surface area contributed by atoms with Crippen molar-refractivity contribution in [1.29, 1.82) is 0 Å². The molecule has 1 fully saturated rings. The molecule has 1 aliphatic rings. The molecule has 116 valence electrons. The first kappa shape index (κ1) is 16.0. The van der Waals surface area contributed by atoms with Crippen LogP contribution in [0, 0.1) is 5.92 Å². The van der Waals surface area contributed by atoms with E-state index in [1.165, 1.54) is 6.07 Å². The molecule has 0 spiro atoms. The summed E-state index contributed by atoms with van der Waals surface area (Å²) in [5, 5.41) is 8.95. The molecule has 0 bridgehead atoms. The summed E-state index contributed by atoms with van der Waals surface area (Å²) in [4.78, 5) is 26.0. The van der Waals surface area contributed by atoms with Gasteiger partial charge in [0.15, 0.2) is 0 Å². The van der Waals surface area contributed by atoms with Gasteiger partial charge in [0.05, 0.1) is 4.88 Å². The third kappa shape index (κ3) is 4.28. The molecule has 5 nitrogen and oxygen atoms in total. The summed E-state index contributed by atoms with van der Waals surface area (Å²) in [5.41, 5.74) is 0. The van der Waals surface area contributed by atoms with E-state index in [9.17, 15) is 9.59 Å². The van der Waals surface area contributed by atoms with Crippen LogP contribution in [0.15, 0.2) is 12.1 Å². The number of rotatable bonds is 5. The van der Waals surface area contributed by atoms with E-state index < -0.39 is 5.97 Å². The Bertz CT molecular complexity index is 500. The number of likely N-dealkylation sites (tertiary alicyclic amines) is 1. The van der Waals surface area contributed by atoms with E-state index in [4.69, 9.17) is 9.84 Å². The number of carbonyl (C=O) groups is 2. The van der Waals surface area contributed by atoms with E-state index in [-0.39, 0.29) is 10.8 Å². The molecule has 0 radical (unpaired) electrons. The molecule has 2 rings (SSSR count). The summed E-state index contributed by atoms with van der Waals surface area (Å²) in [5.74, 6) is -0.556. The third-order valence-corrected chi connectivity index (χ3v) is 4.88. The van der Waals surface area contributed by atoms with Crippen LogP contribution in [0.4, 0.5) is 0 Å². The van der Waals surface area contributed by atoms with Crippen LogP contribution in [-0.4, -0.2) is 48.7 Å². The molecule has 0 saturated carbocycles. The Morgan fingerprint density at radius 3 is 2.81 bits per heavy atom. The van der Waals surface area contributed by atoms with Gasteiger partial charge in [0.1, 0.15) is 4.88 Å². The third-order valence-electron chi connectivity index (χ3n) is 3.81. The summed E-state index contributed by atoms with van der Waals surface area (Å²) in [6, 6.07) is 3.12. The molecule has 1 unspecified atom stereocenters. The highest BCUT2D eigenvalue weighted by Gasteiger charge is 2.24. The first-order valence-corrected chi connectivity index (χ1v) is 8.05. The Labute approximate surface area is 128 Å². The minimum absolute atomic E-state index is 0.0446. The van der Waals surface area contributed by atoms with Crippen LogP contribution < -0.4 is 0 Å². The fraction of sp³-hybridized carbons (Fsp3) is 0.600. The SMILES string of the molecule is COCCC1CCCCN(C(=O)c2ccc(C(=O)O)s2)C1. The van der Waals surface area contributed by atoms with Gasteiger partial charge in [-0.2, -0.15) is 0 Å². The van der Waals surface area contributed by atoms with Gasteiger partial charge >= 0.3 is 5.97 Å². The van der Waals surface area contributed by atoms with Gasteiger partial charge in [-0.25, -0.2) is 4.79 Å². The predicted molar refractivity (Wildman–Crippen MR) is 81.0 cm³/mol. The number of methoxy groups -OCH3 is 1. The highest BCUT2D eigenvalue weighted by molar-refractivity contribution is 7.15. The predicted octanol–water partition coefficient (Wildman–Crippen LogP) is 2.73. The second-order valence-corrected chi connectivity index (χ2v) is 6.45. The van der Waals surface area contributed by atoms with Crippen LogP contribution in [0.5, 0.6) is 0 Å². The van der Waals surface area contributed by atoms with E-state index >= 15 is 0 Å². The van der Waals surface area contributed by atoms with Crippen molar-refractivity contribution in [2.45, 2.75) is 25.7 Å². The van der Waals surface area contributed by atoms with E-state index in [1.807, 2.05) is 4.90 Å². The standard InChI is InChI=1S/C15H21NO4S/c1-20-9-7-11-4-2-3-8-16(10-11)14(17)12-5-6-13(21-12)15(18)19/h5-6,11H,2-4,7-10H2,1H3,(H,18,19). The van der Waals surface area contributed by atoms with E-state index in [0.717, 1.165) is 56.7 Å². The minimum atomic E-state index is -0.979. The quantitative estimate of drug-likeness (QED) is 0.908. The smallest absolute Gasteiger partial charge is 0.345 e. The minimum Gasteiger partial charge on any atom is -0.477 e. The molecule has 0 aromatic carbocycles.